The largest absolute Gasteiger partial charge is 0.345 e. The Balaban J connectivity index is 1.47. The third-order valence-corrected chi connectivity index (χ3v) is 5.32. The smallest absolute Gasteiger partial charge is 0.205 e. The third-order valence-electron chi connectivity index (χ3n) is 4.54. The van der Waals surface area contributed by atoms with Crippen LogP contribution in [0.3, 0.4) is 0 Å². The Bertz CT molecular complexity index is 591. The van der Waals surface area contributed by atoms with E-state index in [1.54, 1.807) is 0 Å². The van der Waals surface area contributed by atoms with Crippen molar-refractivity contribution in [3.8, 4) is 11.4 Å². The van der Waals surface area contributed by atoms with Gasteiger partial charge in [-0.25, -0.2) is 0 Å². The first-order chi connectivity index (χ1) is 10.4. The monoisotopic (exact) mass is 300 g/mol. The molecule has 0 aliphatic carbocycles. The van der Waals surface area contributed by atoms with Crippen LogP contribution in [0.1, 0.15) is 19.3 Å². The van der Waals surface area contributed by atoms with Crippen LogP contribution in [0.4, 0.5) is 5.13 Å². The molecule has 5 heteroatoms. The molecule has 2 aliphatic rings. The fourth-order valence-corrected chi connectivity index (χ4v) is 4.09. The van der Waals surface area contributed by atoms with Crippen molar-refractivity contribution in [2.75, 3.05) is 31.1 Å². The van der Waals surface area contributed by atoms with Crippen molar-refractivity contribution in [3.05, 3.63) is 30.3 Å². The van der Waals surface area contributed by atoms with Crippen molar-refractivity contribution >= 4 is 16.7 Å². The summed E-state index contributed by atoms with van der Waals surface area (Å²) in [5.41, 5.74) is 1.11. The molecule has 4 rings (SSSR count). The van der Waals surface area contributed by atoms with E-state index in [0.717, 1.165) is 35.7 Å². The number of aromatic nitrogens is 2. The van der Waals surface area contributed by atoms with E-state index in [1.165, 1.54) is 43.9 Å². The molecule has 2 saturated heterocycles. The van der Waals surface area contributed by atoms with Gasteiger partial charge in [0.25, 0.3) is 0 Å². The Morgan fingerprint density at radius 3 is 2.67 bits per heavy atom. The van der Waals surface area contributed by atoms with Crippen LogP contribution in [0, 0.1) is 0 Å². The lowest BCUT2D eigenvalue weighted by molar-refractivity contribution is 0.260. The number of anilines is 1. The second kappa shape index (κ2) is 5.73. The molecule has 0 bridgehead atoms. The molecule has 0 unspecified atom stereocenters. The summed E-state index contributed by atoms with van der Waals surface area (Å²) in [5.74, 6) is 0.861. The van der Waals surface area contributed by atoms with Crippen LogP contribution in [0.25, 0.3) is 11.4 Å². The molecule has 21 heavy (non-hydrogen) atoms. The van der Waals surface area contributed by atoms with Crippen LogP contribution in [0.2, 0.25) is 0 Å². The summed E-state index contributed by atoms with van der Waals surface area (Å²) in [6.45, 7) is 4.79. The summed E-state index contributed by atoms with van der Waals surface area (Å²) in [4.78, 5) is 9.80. The van der Waals surface area contributed by atoms with Crippen LogP contribution in [0.5, 0.6) is 0 Å². The van der Waals surface area contributed by atoms with Crippen molar-refractivity contribution in [2.24, 2.45) is 0 Å². The molecule has 0 amide bonds. The predicted molar refractivity (Wildman–Crippen MR) is 86.8 cm³/mol. The first-order valence-electron chi connectivity index (χ1n) is 7.78. The van der Waals surface area contributed by atoms with Gasteiger partial charge < -0.3 is 4.90 Å². The maximum absolute atomic E-state index is 4.74. The molecule has 1 atom stereocenters. The molecule has 0 saturated carbocycles. The molecule has 0 spiro atoms. The van der Waals surface area contributed by atoms with Gasteiger partial charge in [-0.05, 0) is 32.4 Å². The summed E-state index contributed by atoms with van der Waals surface area (Å²) in [7, 11) is 0. The van der Waals surface area contributed by atoms with E-state index in [2.05, 4.69) is 26.3 Å². The summed E-state index contributed by atoms with van der Waals surface area (Å²) >= 11 is 1.53. The molecule has 1 aromatic carbocycles. The molecule has 2 fully saturated rings. The quantitative estimate of drug-likeness (QED) is 0.872. The average Bonchev–Trinajstić information content (AvgIpc) is 3.27. The highest BCUT2D eigenvalue weighted by molar-refractivity contribution is 7.09. The van der Waals surface area contributed by atoms with Crippen molar-refractivity contribution in [2.45, 2.75) is 25.3 Å². The van der Waals surface area contributed by atoms with E-state index in [0.29, 0.717) is 0 Å². The third kappa shape index (κ3) is 2.68. The Hall–Kier alpha value is -1.46. The van der Waals surface area contributed by atoms with E-state index in [1.807, 2.05) is 18.2 Å². The van der Waals surface area contributed by atoms with Crippen molar-refractivity contribution in [3.63, 3.8) is 0 Å². The van der Waals surface area contributed by atoms with E-state index < -0.39 is 0 Å². The Morgan fingerprint density at radius 2 is 1.86 bits per heavy atom. The second-order valence-corrected chi connectivity index (χ2v) is 6.63. The maximum atomic E-state index is 4.74. The predicted octanol–water partition coefficient (Wildman–Crippen LogP) is 2.88. The minimum atomic E-state index is 0.719. The molecule has 0 N–H and O–H groups in total. The van der Waals surface area contributed by atoms with Gasteiger partial charge in [0.1, 0.15) is 0 Å². The number of likely N-dealkylation sites (tertiary alicyclic amines) is 1. The van der Waals surface area contributed by atoms with Crippen molar-refractivity contribution in [1.29, 1.82) is 0 Å². The van der Waals surface area contributed by atoms with Gasteiger partial charge in [0, 0.05) is 36.2 Å². The molecule has 2 aromatic rings. The van der Waals surface area contributed by atoms with Crippen LogP contribution in [-0.4, -0.2) is 46.5 Å². The van der Waals surface area contributed by atoms with Gasteiger partial charge >= 0.3 is 0 Å². The van der Waals surface area contributed by atoms with Gasteiger partial charge in [-0.2, -0.15) is 9.36 Å². The Labute approximate surface area is 129 Å². The number of rotatable bonds is 3. The molecule has 1 aromatic heterocycles. The SMILES string of the molecule is c1ccc(-c2nsc(N3CC[C@H](N4CCCC4)C3)n2)cc1. The highest BCUT2D eigenvalue weighted by Crippen LogP contribution is 2.28. The molecular weight excluding hydrogens is 280 g/mol. The molecule has 4 nitrogen and oxygen atoms in total. The fraction of sp³-hybridized carbons (Fsp3) is 0.500. The molecule has 110 valence electrons. The fourth-order valence-electron chi connectivity index (χ4n) is 3.37. The molecule has 2 aliphatic heterocycles. The van der Waals surface area contributed by atoms with Gasteiger partial charge in [0.05, 0.1) is 0 Å². The van der Waals surface area contributed by atoms with Gasteiger partial charge in [0.2, 0.25) is 5.13 Å². The summed E-state index contributed by atoms with van der Waals surface area (Å²) < 4.78 is 4.53. The van der Waals surface area contributed by atoms with Gasteiger partial charge in [-0.15, -0.1) is 0 Å². The summed E-state index contributed by atoms with van der Waals surface area (Å²) in [5, 5.41) is 1.08. The lowest BCUT2D eigenvalue weighted by atomic mass is 10.2. The van der Waals surface area contributed by atoms with Gasteiger partial charge in [0.15, 0.2) is 5.82 Å². The van der Waals surface area contributed by atoms with Crippen LogP contribution >= 0.6 is 11.5 Å². The van der Waals surface area contributed by atoms with E-state index in [4.69, 9.17) is 4.98 Å². The lowest BCUT2D eigenvalue weighted by Crippen LogP contribution is -2.35. The number of benzene rings is 1. The first kappa shape index (κ1) is 13.2. The van der Waals surface area contributed by atoms with E-state index >= 15 is 0 Å². The van der Waals surface area contributed by atoms with Gasteiger partial charge in [-0.1, -0.05) is 30.3 Å². The summed E-state index contributed by atoms with van der Waals surface area (Å²) in [6.07, 6.45) is 4.00. The summed E-state index contributed by atoms with van der Waals surface area (Å²) in [6, 6.07) is 11.0. The highest BCUT2D eigenvalue weighted by Gasteiger charge is 2.30. The topological polar surface area (TPSA) is 32.3 Å². The standard InChI is InChI=1S/C16H20N4S/c1-2-6-13(7-3-1)15-17-16(21-18-15)20-11-8-14(12-20)19-9-4-5-10-19/h1-3,6-7,14H,4-5,8-12H2/t14-/m0/s1. The maximum Gasteiger partial charge on any atom is 0.205 e. The van der Waals surface area contributed by atoms with Crippen molar-refractivity contribution < 1.29 is 0 Å². The minimum Gasteiger partial charge on any atom is -0.345 e. The minimum absolute atomic E-state index is 0.719. The Morgan fingerprint density at radius 1 is 1.05 bits per heavy atom. The average molecular weight is 300 g/mol. The van der Waals surface area contributed by atoms with E-state index in [9.17, 15) is 0 Å². The zero-order valence-corrected chi connectivity index (χ0v) is 12.9. The van der Waals surface area contributed by atoms with Gasteiger partial charge in [-0.3, -0.25) is 4.90 Å². The van der Waals surface area contributed by atoms with Crippen molar-refractivity contribution in [1.82, 2.24) is 14.3 Å². The van der Waals surface area contributed by atoms with Crippen LogP contribution in [0.15, 0.2) is 30.3 Å². The zero-order chi connectivity index (χ0) is 14.1. The first-order valence-corrected chi connectivity index (χ1v) is 8.55. The van der Waals surface area contributed by atoms with Crippen LogP contribution < -0.4 is 4.90 Å². The Kier molecular flexibility index (Phi) is 3.61. The molecule has 0 radical (unpaired) electrons. The number of hydrogen-bond acceptors (Lipinski definition) is 5. The highest BCUT2D eigenvalue weighted by atomic mass is 32.1. The number of hydrogen-bond donors (Lipinski definition) is 0. The van der Waals surface area contributed by atoms with Crippen LogP contribution in [-0.2, 0) is 0 Å². The lowest BCUT2D eigenvalue weighted by Gasteiger charge is -2.23. The molecular formula is C16H20N4S. The molecule has 3 heterocycles. The number of nitrogens with zero attached hydrogens (tertiary/aromatic N) is 4. The zero-order valence-electron chi connectivity index (χ0n) is 12.1. The normalized spacial score (nSPS) is 23.0. The van der Waals surface area contributed by atoms with E-state index in [-0.39, 0.29) is 0 Å². The second-order valence-electron chi connectivity index (χ2n) is 5.90.